The van der Waals surface area contributed by atoms with Gasteiger partial charge in [0.1, 0.15) is 5.69 Å². The molecule has 0 unspecified atom stereocenters. The molecule has 0 radical (unpaired) electrons. The van der Waals surface area contributed by atoms with E-state index in [-0.39, 0.29) is 0 Å². The van der Waals surface area contributed by atoms with Crippen molar-refractivity contribution < 1.29 is 9.90 Å². The minimum Gasteiger partial charge on any atom is -0.477 e. The number of hydrogen-bond donors (Lipinski definition) is 1. The van der Waals surface area contributed by atoms with Crippen LogP contribution in [0.25, 0.3) is 11.1 Å². The lowest BCUT2D eigenvalue weighted by Gasteiger charge is -1.99. The third kappa shape index (κ3) is 1.60. The Morgan fingerprint density at radius 3 is 2.38 bits per heavy atom. The van der Waals surface area contributed by atoms with E-state index in [4.69, 9.17) is 5.11 Å². The zero-order valence-electron chi connectivity index (χ0n) is 9.27. The molecule has 3 heteroatoms. The first-order valence-corrected chi connectivity index (χ1v) is 5.06. The van der Waals surface area contributed by atoms with Crippen LogP contribution in [0.5, 0.6) is 0 Å². The number of aromatic carboxylic acids is 1. The van der Waals surface area contributed by atoms with E-state index in [0.717, 1.165) is 16.7 Å². The molecule has 0 fully saturated rings. The van der Waals surface area contributed by atoms with E-state index >= 15 is 0 Å². The van der Waals surface area contributed by atoms with Gasteiger partial charge in [0.25, 0.3) is 0 Å². The van der Waals surface area contributed by atoms with Gasteiger partial charge in [0, 0.05) is 18.8 Å². The molecule has 2 aromatic rings. The Bertz CT molecular complexity index is 526. The van der Waals surface area contributed by atoms with Crippen LogP contribution in [0, 0.1) is 6.92 Å². The van der Waals surface area contributed by atoms with Gasteiger partial charge in [-0.1, -0.05) is 30.3 Å². The lowest BCUT2D eigenvalue weighted by Crippen LogP contribution is -2.05. The van der Waals surface area contributed by atoms with E-state index in [2.05, 4.69) is 0 Å². The fourth-order valence-electron chi connectivity index (χ4n) is 1.97. The maximum absolute atomic E-state index is 11.1. The molecule has 0 amide bonds. The maximum atomic E-state index is 11.1. The molecule has 1 aromatic heterocycles. The van der Waals surface area contributed by atoms with Crippen molar-refractivity contribution in [2.45, 2.75) is 6.92 Å². The Morgan fingerprint density at radius 1 is 1.25 bits per heavy atom. The average Bonchev–Trinajstić information content (AvgIpc) is 2.55. The summed E-state index contributed by atoms with van der Waals surface area (Å²) in [6.07, 6.45) is 1.86. The monoisotopic (exact) mass is 215 g/mol. The molecule has 82 valence electrons. The lowest BCUT2D eigenvalue weighted by molar-refractivity contribution is 0.0686. The number of nitrogens with zero attached hydrogens (tertiary/aromatic N) is 1. The fourth-order valence-corrected chi connectivity index (χ4v) is 1.97. The first-order valence-electron chi connectivity index (χ1n) is 5.06. The highest BCUT2D eigenvalue weighted by Gasteiger charge is 2.16. The number of hydrogen-bond acceptors (Lipinski definition) is 1. The molecular formula is C13H13NO2. The van der Waals surface area contributed by atoms with Gasteiger partial charge in [0.15, 0.2) is 0 Å². The number of carboxylic acid groups (broad SMARTS) is 1. The van der Waals surface area contributed by atoms with Crippen LogP contribution in [0.15, 0.2) is 36.5 Å². The van der Waals surface area contributed by atoms with Gasteiger partial charge in [-0.3, -0.25) is 0 Å². The Hall–Kier alpha value is -2.03. The van der Waals surface area contributed by atoms with Crippen LogP contribution in [-0.2, 0) is 7.05 Å². The van der Waals surface area contributed by atoms with Crippen molar-refractivity contribution in [3.8, 4) is 11.1 Å². The summed E-state index contributed by atoms with van der Waals surface area (Å²) in [7, 11) is 1.75. The molecule has 0 saturated carbocycles. The van der Waals surface area contributed by atoms with E-state index in [1.807, 2.05) is 43.5 Å². The lowest BCUT2D eigenvalue weighted by atomic mass is 10.0. The second-order valence-corrected chi connectivity index (χ2v) is 3.80. The van der Waals surface area contributed by atoms with Crippen LogP contribution in [-0.4, -0.2) is 15.6 Å². The van der Waals surface area contributed by atoms with E-state index < -0.39 is 5.97 Å². The number of rotatable bonds is 2. The SMILES string of the molecule is Cc1c(-c2ccccc2)cn(C)c1C(=O)O. The number of benzene rings is 1. The van der Waals surface area contributed by atoms with Gasteiger partial charge >= 0.3 is 5.97 Å². The fraction of sp³-hybridized carbons (Fsp3) is 0.154. The van der Waals surface area contributed by atoms with E-state index in [0.29, 0.717) is 5.69 Å². The molecule has 1 aromatic carbocycles. The number of aryl methyl sites for hydroxylation is 1. The van der Waals surface area contributed by atoms with Crippen LogP contribution in [0.4, 0.5) is 0 Å². The van der Waals surface area contributed by atoms with Gasteiger partial charge in [-0.2, -0.15) is 0 Å². The largest absolute Gasteiger partial charge is 0.477 e. The summed E-state index contributed by atoms with van der Waals surface area (Å²) in [5, 5.41) is 9.09. The van der Waals surface area contributed by atoms with Gasteiger partial charge < -0.3 is 9.67 Å². The predicted octanol–water partition coefficient (Wildman–Crippen LogP) is 2.70. The molecule has 16 heavy (non-hydrogen) atoms. The zero-order valence-corrected chi connectivity index (χ0v) is 9.27. The number of carbonyl (C=O) groups is 1. The third-order valence-electron chi connectivity index (χ3n) is 2.72. The first-order chi connectivity index (χ1) is 7.61. The van der Waals surface area contributed by atoms with Gasteiger partial charge in [0.2, 0.25) is 0 Å². The highest BCUT2D eigenvalue weighted by atomic mass is 16.4. The van der Waals surface area contributed by atoms with E-state index in [9.17, 15) is 4.79 Å². The molecular weight excluding hydrogens is 202 g/mol. The van der Waals surface area contributed by atoms with E-state index in [1.165, 1.54) is 0 Å². The predicted molar refractivity (Wildman–Crippen MR) is 62.5 cm³/mol. The topological polar surface area (TPSA) is 42.2 Å². The summed E-state index contributed by atoms with van der Waals surface area (Å²) in [6, 6.07) is 9.80. The van der Waals surface area contributed by atoms with Crippen molar-refractivity contribution in [3.05, 3.63) is 47.8 Å². The molecule has 0 saturated heterocycles. The van der Waals surface area contributed by atoms with Crippen LogP contribution in [0.3, 0.4) is 0 Å². The Labute approximate surface area is 94.0 Å². The molecule has 0 aliphatic rings. The molecule has 0 bridgehead atoms. The van der Waals surface area contributed by atoms with Crippen LogP contribution < -0.4 is 0 Å². The summed E-state index contributed by atoms with van der Waals surface area (Å²) in [5.41, 5.74) is 3.17. The van der Waals surface area contributed by atoms with E-state index in [1.54, 1.807) is 11.6 Å². The van der Waals surface area contributed by atoms with Gasteiger partial charge in [0.05, 0.1) is 0 Å². The normalized spacial score (nSPS) is 10.4. The molecule has 2 rings (SSSR count). The van der Waals surface area contributed by atoms with Crippen LogP contribution in [0.2, 0.25) is 0 Å². The second-order valence-electron chi connectivity index (χ2n) is 3.80. The van der Waals surface area contributed by atoms with Crippen LogP contribution >= 0.6 is 0 Å². The highest BCUT2D eigenvalue weighted by Crippen LogP contribution is 2.26. The summed E-state index contributed by atoms with van der Waals surface area (Å²) in [5.74, 6) is -0.887. The molecule has 0 atom stereocenters. The molecule has 3 nitrogen and oxygen atoms in total. The first kappa shape index (κ1) is 10.5. The Morgan fingerprint density at radius 2 is 1.88 bits per heavy atom. The van der Waals surface area contributed by atoms with Crippen molar-refractivity contribution in [1.82, 2.24) is 4.57 Å². The van der Waals surface area contributed by atoms with Crippen molar-refractivity contribution >= 4 is 5.97 Å². The third-order valence-corrected chi connectivity index (χ3v) is 2.72. The van der Waals surface area contributed by atoms with Crippen molar-refractivity contribution in [2.24, 2.45) is 7.05 Å². The molecule has 0 aliphatic heterocycles. The summed E-state index contributed by atoms with van der Waals surface area (Å²) in [4.78, 5) is 11.1. The second kappa shape index (κ2) is 3.85. The zero-order chi connectivity index (χ0) is 11.7. The summed E-state index contributed by atoms with van der Waals surface area (Å²) in [6.45, 7) is 1.84. The Balaban J connectivity index is 2.61. The van der Waals surface area contributed by atoms with Gasteiger partial charge in [-0.25, -0.2) is 4.79 Å². The minimum atomic E-state index is -0.887. The van der Waals surface area contributed by atoms with Gasteiger partial charge in [-0.05, 0) is 18.1 Å². The molecule has 1 N–H and O–H groups in total. The minimum absolute atomic E-state index is 0.346. The summed E-state index contributed by atoms with van der Waals surface area (Å²) >= 11 is 0. The molecule has 0 spiro atoms. The molecule has 0 aliphatic carbocycles. The standard InChI is InChI=1S/C13H13NO2/c1-9-11(10-6-4-3-5-7-10)8-14(2)12(9)13(15)16/h3-8H,1-2H3,(H,15,16). The number of aromatic nitrogens is 1. The van der Waals surface area contributed by atoms with Crippen molar-refractivity contribution in [2.75, 3.05) is 0 Å². The highest BCUT2D eigenvalue weighted by molar-refractivity contribution is 5.90. The van der Waals surface area contributed by atoms with Crippen molar-refractivity contribution in [1.29, 1.82) is 0 Å². The smallest absolute Gasteiger partial charge is 0.352 e. The van der Waals surface area contributed by atoms with Crippen molar-refractivity contribution in [3.63, 3.8) is 0 Å². The molecule has 1 heterocycles. The Kier molecular flexibility index (Phi) is 2.52. The summed E-state index contributed by atoms with van der Waals surface area (Å²) < 4.78 is 1.65. The van der Waals surface area contributed by atoms with Crippen LogP contribution in [0.1, 0.15) is 16.1 Å². The number of carboxylic acids is 1. The maximum Gasteiger partial charge on any atom is 0.352 e. The average molecular weight is 215 g/mol. The van der Waals surface area contributed by atoms with Gasteiger partial charge in [-0.15, -0.1) is 0 Å². The quantitative estimate of drug-likeness (QED) is 0.836.